The summed E-state index contributed by atoms with van der Waals surface area (Å²) in [6, 6.07) is 14.9. The zero-order valence-corrected chi connectivity index (χ0v) is 19.7. The third-order valence-electron chi connectivity index (χ3n) is 6.39. The molecule has 0 bridgehead atoms. The number of hydrogen-bond acceptors (Lipinski definition) is 5. The lowest BCUT2D eigenvalue weighted by atomic mass is 10.0. The molecule has 2 fully saturated rings. The molecule has 0 aliphatic carbocycles. The van der Waals surface area contributed by atoms with Gasteiger partial charge in [0.25, 0.3) is 5.91 Å². The molecule has 2 aliphatic heterocycles. The van der Waals surface area contributed by atoms with Crippen LogP contribution >= 0.6 is 11.6 Å². The van der Waals surface area contributed by atoms with Crippen LogP contribution in [0.15, 0.2) is 48.5 Å². The van der Waals surface area contributed by atoms with Crippen LogP contribution in [0, 0.1) is 0 Å². The number of anilines is 1. The molecule has 1 unspecified atom stereocenters. The summed E-state index contributed by atoms with van der Waals surface area (Å²) in [6.07, 6.45) is -1.96. The van der Waals surface area contributed by atoms with Crippen molar-refractivity contribution in [3.8, 4) is 0 Å². The Bertz CT molecular complexity index is 1020. The largest absolute Gasteiger partial charge is 0.461 e. The van der Waals surface area contributed by atoms with Crippen LogP contribution in [0.4, 0.5) is 5.69 Å². The zero-order chi connectivity index (χ0) is 24.1. The molecule has 8 nitrogen and oxygen atoms in total. The highest BCUT2D eigenvalue weighted by molar-refractivity contribution is 6.30. The summed E-state index contributed by atoms with van der Waals surface area (Å²) in [4.78, 5) is 14.7. The Labute approximate surface area is 204 Å². The normalized spacial score (nSPS) is 21.7. The van der Waals surface area contributed by atoms with Crippen molar-refractivity contribution in [1.29, 1.82) is 0 Å². The Morgan fingerprint density at radius 1 is 1.15 bits per heavy atom. The lowest BCUT2D eigenvalue weighted by Gasteiger charge is -2.28. The number of benzene rings is 2. The molecule has 4 N–H and O–H groups in total. The maximum Gasteiger partial charge on any atom is 0.367 e. The minimum atomic E-state index is -1.80. The first kappa shape index (κ1) is 24.5. The minimum absolute atomic E-state index is 0.186. The number of nitrogens with one attached hydrogen (secondary N) is 1. The molecule has 0 radical (unpaired) electrons. The summed E-state index contributed by atoms with van der Waals surface area (Å²) in [5.74, 6) is -1.17. The molecule has 2 aromatic rings. The van der Waals surface area contributed by atoms with Crippen molar-refractivity contribution >= 4 is 29.1 Å². The SMILES string of the molecule is O=C(NCc1ccc(N2CCOCC2)cc1)[C@H](O)[C@@H](O)C(O)=[N+]1CCCC1c1cccc(Cl)c1. The molecular formula is C25H31ClN3O5+. The van der Waals surface area contributed by atoms with Gasteiger partial charge < -0.3 is 30.3 Å². The number of ether oxygens (including phenoxy) is 1. The predicted octanol–water partition coefficient (Wildman–Crippen LogP) is 2.02. The Morgan fingerprint density at radius 3 is 2.59 bits per heavy atom. The average Bonchev–Trinajstić information content (AvgIpc) is 3.37. The lowest BCUT2D eigenvalue weighted by molar-refractivity contribution is -0.560. The Hall–Kier alpha value is -2.65. The molecular weight excluding hydrogens is 458 g/mol. The molecule has 0 saturated carbocycles. The van der Waals surface area contributed by atoms with Gasteiger partial charge in [-0.1, -0.05) is 35.9 Å². The summed E-state index contributed by atoms with van der Waals surface area (Å²) < 4.78 is 6.99. The first-order valence-corrected chi connectivity index (χ1v) is 11.9. The van der Waals surface area contributed by atoms with Crippen molar-refractivity contribution in [2.75, 3.05) is 37.7 Å². The Balaban J connectivity index is 1.36. The fourth-order valence-electron chi connectivity index (χ4n) is 4.50. The molecule has 2 saturated heterocycles. The van der Waals surface area contributed by atoms with Crippen LogP contribution in [0.25, 0.3) is 0 Å². The number of aliphatic hydroxyl groups is 3. The maximum absolute atomic E-state index is 12.5. The number of hydrogen-bond donors (Lipinski definition) is 4. The number of carbonyl (C=O) groups is 1. The predicted molar refractivity (Wildman–Crippen MR) is 130 cm³/mol. The molecule has 2 aromatic carbocycles. The highest BCUT2D eigenvalue weighted by atomic mass is 35.5. The topological polar surface area (TPSA) is 105 Å². The van der Waals surface area contributed by atoms with Gasteiger partial charge in [-0.2, -0.15) is 4.58 Å². The molecule has 0 spiro atoms. The number of amides is 1. The van der Waals surface area contributed by atoms with Crippen molar-refractivity contribution in [1.82, 2.24) is 5.32 Å². The van der Waals surface area contributed by atoms with E-state index in [9.17, 15) is 20.1 Å². The number of carbonyl (C=O) groups excluding carboxylic acids is 1. The van der Waals surface area contributed by atoms with Gasteiger partial charge in [0, 0.05) is 48.7 Å². The van der Waals surface area contributed by atoms with Crippen LogP contribution in [-0.4, -0.2) is 76.8 Å². The molecule has 0 aromatic heterocycles. The van der Waals surface area contributed by atoms with E-state index in [-0.39, 0.29) is 12.6 Å². The third-order valence-corrected chi connectivity index (χ3v) is 6.63. The van der Waals surface area contributed by atoms with Crippen LogP contribution in [0.1, 0.15) is 30.0 Å². The number of aliphatic hydroxyl groups excluding tert-OH is 3. The van der Waals surface area contributed by atoms with E-state index in [1.165, 1.54) is 0 Å². The Morgan fingerprint density at radius 2 is 1.88 bits per heavy atom. The second kappa shape index (κ2) is 11.2. The van der Waals surface area contributed by atoms with Crippen molar-refractivity contribution < 1.29 is 29.4 Å². The number of halogens is 1. The first-order chi connectivity index (χ1) is 16.4. The fourth-order valence-corrected chi connectivity index (χ4v) is 4.69. The third kappa shape index (κ3) is 5.70. The molecule has 2 heterocycles. The monoisotopic (exact) mass is 488 g/mol. The Kier molecular flexibility index (Phi) is 8.05. The molecule has 182 valence electrons. The average molecular weight is 489 g/mol. The smallest absolute Gasteiger partial charge is 0.367 e. The second-order valence-electron chi connectivity index (χ2n) is 8.64. The van der Waals surface area contributed by atoms with Gasteiger partial charge in [-0.25, -0.2) is 0 Å². The van der Waals surface area contributed by atoms with Gasteiger partial charge in [0.2, 0.25) is 6.10 Å². The van der Waals surface area contributed by atoms with Crippen LogP contribution < -0.4 is 10.2 Å². The van der Waals surface area contributed by atoms with Crippen molar-refractivity contribution in [2.24, 2.45) is 0 Å². The quantitative estimate of drug-likeness (QED) is 0.351. The van der Waals surface area contributed by atoms with Crippen LogP contribution in [0.5, 0.6) is 0 Å². The van der Waals surface area contributed by atoms with Crippen molar-refractivity contribution in [2.45, 2.75) is 37.6 Å². The number of rotatable bonds is 7. The van der Waals surface area contributed by atoms with Gasteiger partial charge in [-0.05, 0) is 29.8 Å². The minimum Gasteiger partial charge on any atom is -0.461 e. The fraction of sp³-hybridized carbons (Fsp3) is 0.440. The lowest BCUT2D eigenvalue weighted by Crippen LogP contribution is -2.47. The van der Waals surface area contributed by atoms with Gasteiger partial charge in [0.15, 0.2) is 12.1 Å². The zero-order valence-electron chi connectivity index (χ0n) is 18.9. The summed E-state index contributed by atoms with van der Waals surface area (Å²) in [6.45, 7) is 3.80. The molecule has 34 heavy (non-hydrogen) atoms. The number of nitrogens with zero attached hydrogens (tertiary/aromatic N) is 2. The van der Waals surface area contributed by atoms with E-state index in [0.29, 0.717) is 24.8 Å². The standard InChI is InChI=1S/C25H30ClN3O5/c26-19-4-1-3-18(15-19)21-5-2-10-29(21)25(33)23(31)22(30)24(32)27-16-17-6-8-20(9-7-17)28-11-13-34-14-12-28/h1,3-4,6-9,15,21-23,30-31H,2,5,10-14,16H2,(H,27,32)/p+1/t21?,22-,23-/m1/s1. The van der Waals surface area contributed by atoms with E-state index in [4.69, 9.17) is 16.3 Å². The van der Waals surface area contributed by atoms with Gasteiger partial charge in [0.1, 0.15) is 6.54 Å². The first-order valence-electron chi connectivity index (χ1n) is 11.6. The van der Waals surface area contributed by atoms with Crippen LogP contribution in [-0.2, 0) is 16.1 Å². The second-order valence-corrected chi connectivity index (χ2v) is 9.07. The molecule has 2 aliphatic rings. The van der Waals surface area contributed by atoms with Crippen LogP contribution in [0.3, 0.4) is 0 Å². The van der Waals surface area contributed by atoms with E-state index in [2.05, 4.69) is 10.2 Å². The molecule has 4 rings (SSSR count). The van der Waals surface area contributed by atoms with E-state index < -0.39 is 24.0 Å². The van der Waals surface area contributed by atoms with Gasteiger partial charge in [-0.15, -0.1) is 0 Å². The van der Waals surface area contributed by atoms with Gasteiger partial charge in [0.05, 0.1) is 13.2 Å². The molecule has 1 amide bonds. The number of morpholine rings is 1. The van der Waals surface area contributed by atoms with Gasteiger partial charge in [-0.3, -0.25) is 4.79 Å². The molecule has 3 atom stereocenters. The summed E-state index contributed by atoms with van der Waals surface area (Å²) >= 11 is 6.10. The highest BCUT2D eigenvalue weighted by Gasteiger charge is 2.40. The summed E-state index contributed by atoms with van der Waals surface area (Å²) in [5, 5.41) is 34.8. The van der Waals surface area contributed by atoms with Gasteiger partial charge >= 0.3 is 5.90 Å². The highest BCUT2D eigenvalue weighted by Crippen LogP contribution is 2.30. The maximum atomic E-state index is 12.5. The summed E-state index contributed by atoms with van der Waals surface area (Å²) in [7, 11) is 0. The van der Waals surface area contributed by atoms with Crippen molar-refractivity contribution in [3.05, 3.63) is 64.7 Å². The van der Waals surface area contributed by atoms with E-state index >= 15 is 0 Å². The summed E-state index contributed by atoms with van der Waals surface area (Å²) in [5.41, 5.74) is 2.86. The van der Waals surface area contributed by atoms with Crippen molar-refractivity contribution in [3.63, 3.8) is 0 Å². The van der Waals surface area contributed by atoms with E-state index in [1.54, 1.807) is 10.6 Å². The van der Waals surface area contributed by atoms with Crippen LogP contribution in [0.2, 0.25) is 5.02 Å². The van der Waals surface area contributed by atoms with E-state index in [0.717, 1.165) is 42.7 Å². The van der Waals surface area contributed by atoms with E-state index in [1.807, 2.05) is 42.5 Å². The molecule has 9 heteroatoms.